The van der Waals surface area contributed by atoms with Gasteiger partial charge in [-0.25, -0.2) is 13.9 Å². The molecule has 4 rings (SSSR count). The molecule has 0 fully saturated rings. The minimum Gasteiger partial charge on any atom is -0.490 e. The summed E-state index contributed by atoms with van der Waals surface area (Å²) in [6.45, 7) is 4.10. The van der Waals surface area contributed by atoms with Crippen molar-refractivity contribution >= 4 is 11.9 Å². The summed E-state index contributed by atoms with van der Waals surface area (Å²) in [5.41, 5.74) is 2.21. The molecule has 1 N–H and O–H groups in total. The predicted octanol–water partition coefficient (Wildman–Crippen LogP) is 3.86. The van der Waals surface area contributed by atoms with Crippen LogP contribution in [-0.4, -0.2) is 34.5 Å². The first kappa shape index (κ1) is 21.4. The van der Waals surface area contributed by atoms with Crippen molar-refractivity contribution in [3.8, 4) is 11.5 Å². The molecule has 1 atom stereocenters. The van der Waals surface area contributed by atoms with Gasteiger partial charge >= 0.3 is 5.97 Å². The molecule has 3 aromatic rings. The van der Waals surface area contributed by atoms with Crippen molar-refractivity contribution in [3.63, 3.8) is 0 Å². The van der Waals surface area contributed by atoms with Crippen molar-refractivity contribution in [1.29, 1.82) is 0 Å². The molecule has 0 radical (unpaired) electrons. The zero-order chi connectivity index (χ0) is 22.7. The van der Waals surface area contributed by atoms with Crippen LogP contribution in [0.5, 0.6) is 11.5 Å². The average Bonchev–Trinajstić information content (AvgIpc) is 3.26. The Hall–Kier alpha value is -3.88. The Morgan fingerprint density at radius 2 is 2.00 bits per heavy atom. The number of hydrogen-bond acceptors (Lipinski definition) is 7. The highest BCUT2D eigenvalue weighted by Crippen LogP contribution is 2.39. The molecule has 0 aliphatic carbocycles. The zero-order valence-corrected chi connectivity index (χ0v) is 18.0. The van der Waals surface area contributed by atoms with Gasteiger partial charge in [0, 0.05) is 11.3 Å². The summed E-state index contributed by atoms with van der Waals surface area (Å²) in [5, 5.41) is 7.36. The summed E-state index contributed by atoms with van der Waals surface area (Å²) in [6, 6.07) is 11.2. The van der Waals surface area contributed by atoms with E-state index < -0.39 is 12.0 Å². The molecule has 0 saturated carbocycles. The van der Waals surface area contributed by atoms with E-state index in [4.69, 9.17) is 14.2 Å². The Morgan fingerprint density at radius 1 is 1.19 bits per heavy atom. The van der Waals surface area contributed by atoms with Gasteiger partial charge in [0.05, 0.1) is 19.3 Å². The maximum Gasteiger partial charge on any atom is 0.338 e. The van der Waals surface area contributed by atoms with Crippen LogP contribution in [0.4, 0.5) is 10.3 Å². The molecule has 2 heterocycles. The Bertz CT molecular complexity index is 1170. The Labute approximate surface area is 184 Å². The molecule has 0 unspecified atom stereocenters. The molecule has 0 spiro atoms. The number of ether oxygens (including phenoxy) is 3. The van der Waals surface area contributed by atoms with Crippen molar-refractivity contribution in [2.45, 2.75) is 26.5 Å². The van der Waals surface area contributed by atoms with E-state index in [1.165, 1.54) is 19.5 Å². The topological polar surface area (TPSA) is 87.5 Å². The van der Waals surface area contributed by atoms with Gasteiger partial charge in [-0.3, -0.25) is 0 Å². The third kappa shape index (κ3) is 4.01. The Morgan fingerprint density at radius 3 is 2.75 bits per heavy atom. The normalized spacial score (nSPS) is 15.1. The minimum atomic E-state index is -0.568. The number of fused-ring (bicyclic) bond motifs is 1. The van der Waals surface area contributed by atoms with Gasteiger partial charge in [-0.15, -0.1) is 0 Å². The second-order valence-electron chi connectivity index (χ2n) is 7.11. The predicted molar refractivity (Wildman–Crippen MR) is 115 cm³/mol. The molecule has 9 heteroatoms. The second kappa shape index (κ2) is 9.09. The van der Waals surface area contributed by atoms with E-state index in [9.17, 15) is 9.18 Å². The summed E-state index contributed by atoms with van der Waals surface area (Å²) in [5.74, 6) is 0.645. The minimum absolute atomic E-state index is 0.0547. The monoisotopic (exact) mass is 438 g/mol. The van der Waals surface area contributed by atoms with Gasteiger partial charge in [0.2, 0.25) is 5.95 Å². The smallest absolute Gasteiger partial charge is 0.338 e. The molecule has 32 heavy (non-hydrogen) atoms. The SMILES string of the molecule is CCOc1cc([C@@H]2C(C(=O)OC)=C(C)Nc3ncnn32)ccc1OCc1ccccc1F. The van der Waals surface area contributed by atoms with Crippen LogP contribution in [0.25, 0.3) is 0 Å². The third-order valence-corrected chi connectivity index (χ3v) is 5.12. The molecule has 1 aliphatic rings. The van der Waals surface area contributed by atoms with Gasteiger partial charge < -0.3 is 19.5 Å². The number of rotatable bonds is 7. The quantitative estimate of drug-likeness (QED) is 0.561. The average molecular weight is 438 g/mol. The number of aromatic nitrogens is 3. The first-order valence-electron chi connectivity index (χ1n) is 10.1. The summed E-state index contributed by atoms with van der Waals surface area (Å²) >= 11 is 0. The maximum atomic E-state index is 14.0. The van der Waals surface area contributed by atoms with E-state index in [0.29, 0.717) is 40.9 Å². The number of nitrogens with one attached hydrogen (secondary N) is 1. The number of methoxy groups -OCH3 is 1. The van der Waals surface area contributed by atoms with E-state index in [0.717, 1.165) is 5.56 Å². The Balaban J connectivity index is 1.71. The first-order chi connectivity index (χ1) is 15.5. The number of halogens is 1. The van der Waals surface area contributed by atoms with Crippen molar-refractivity contribution < 1.29 is 23.4 Å². The molecular formula is C23H23FN4O4. The highest BCUT2D eigenvalue weighted by molar-refractivity contribution is 5.92. The third-order valence-electron chi connectivity index (χ3n) is 5.12. The standard InChI is InChI=1S/C23H23FN4O4/c1-4-31-19-11-15(9-10-18(19)32-12-16-7-5-6-8-17(16)24)21-20(22(29)30-3)14(2)27-23-25-13-26-28(21)23/h5-11,13,21H,4,12H2,1-3H3,(H,25,26,27)/t21-/m1/s1. The lowest BCUT2D eigenvalue weighted by molar-refractivity contribution is -0.136. The number of allylic oxidation sites excluding steroid dienone is 1. The van der Waals surface area contributed by atoms with Crippen LogP contribution in [0, 0.1) is 5.82 Å². The lowest BCUT2D eigenvalue weighted by atomic mass is 9.95. The Kier molecular flexibility index (Phi) is 6.07. The summed E-state index contributed by atoms with van der Waals surface area (Å²) in [7, 11) is 1.34. The molecule has 0 bridgehead atoms. The maximum absolute atomic E-state index is 14.0. The van der Waals surface area contributed by atoms with Crippen LogP contribution in [0.1, 0.15) is 31.0 Å². The van der Waals surface area contributed by atoms with Crippen LogP contribution in [-0.2, 0) is 16.1 Å². The van der Waals surface area contributed by atoms with Gasteiger partial charge in [0.25, 0.3) is 0 Å². The lowest BCUT2D eigenvalue weighted by Gasteiger charge is -2.28. The molecular weight excluding hydrogens is 415 g/mol. The number of carbonyl (C=O) groups is 1. The van der Waals surface area contributed by atoms with Crippen molar-refractivity contribution in [2.75, 3.05) is 19.0 Å². The zero-order valence-electron chi connectivity index (χ0n) is 18.0. The first-order valence-corrected chi connectivity index (χ1v) is 10.1. The number of esters is 1. The molecule has 1 aromatic heterocycles. The van der Waals surface area contributed by atoms with Gasteiger partial charge in [0.15, 0.2) is 11.5 Å². The van der Waals surface area contributed by atoms with Crippen LogP contribution in [0.15, 0.2) is 60.1 Å². The molecule has 0 saturated heterocycles. The largest absolute Gasteiger partial charge is 0.490 e. The van der Waals surface area contributed by atoms with E-state index >= 15 is 0 Å². The van der Waals surface area contributed by atoms with Gasteiger partial charge in [-0.1, -0.05) is 24.3 Å². The summed E-state index contributed by atoms with van der Waals surface area (Å²) in [6.07, 6.45) is 1.41. The summed E-state index contributed by atoms with van der Waals surface area (Å²) in [4.78, 5) is 16.8. The van der Waals surface area contributed by atoms with Crippen molar-refractivity contribution in [2.24, 2.45) is 0 Å². The van der Waals surface area contributed by atoms with E-state index in [1.54, 1.807) is 41.9 Å². The van der Waals surface area contributed by atoms with Gasteiger partial charge in [-0.2, -0.15) is 10.1 Å². The second-order valence-corrected chi connectivity index (χ2v) is 7.11. The van der Waals surface area contributed by atoms with E-state index in [-0.39, 0.29) is 12.4 Å². The van der Waals surface area contributed by atoms with Crippen molar-refractivity contribution in [1.82, 2.24) is 14.8 Å². The number of nitrogens with zero attached hydrogens (tertiary/aromatic N) is 3. The highest BCUT2D eigenvalue weighted by atomic mass is 19.1. The molecule has 1 aliphatic heterocycles. The van der Waals surface area contributed by atoms with Gasteiger partial charge in [0.1, 0.15) is 24.8 Å². The molecule has 8 nitrogen and oxygen atoms in total. The van der Waals surface area contributed by atoms with Crippen LogP contribution in [0.2, 0.25) is 0 Å². The van der Waals surface area contributed by atoms with Crippen LogP contribution < -0.4 is 14.8 Å². The number of benzene rings is 2. The summed E-state index contributed by atoms with van der Waals surface area (Å²) < 4.78 is 32.2. The van der Waals surface area contributed by atoms with E-state index in [2.05, 4.69) is 15.4 Å². The number of anilines is 1. The fourth-order valence-electron chi connectivity index (χ4n) is 3.63. The molecule has 0 amide bonds. The fraction of sp³-hybridized carbons (Fsp3) is 0.261. The number of hydrogen-bond donors (Lipinski definition) is 1. The lowest BCUT2D eigenvalue weighted by Crippen LogP contribution is -2.29. The molecule has 2 aromatic carbocycles. The van der Waals surface area contributed by atoms with Crippen molar-refractivity contribution in [3.05, 3.63) is 77.0 Å². The van der Waals surface area contributed by atoms with Gasteiger partial charge in [-0.05, 0) is 37.6 Å². The van der Waals surface area contributed by atoms with E-state index in [1.807, 2.05) is 13.0 Å². The highest BCUT2D eigenvalue weighted by Gasteiger charge is 2.34. The molecule has 166 valence electrons. The van der Waals surface area contributed by atoms with Crippen LogP contribution in [0.3, 0.4) is 0 Å². The fourth-order valence-corrected chi connectivity index (χ4v) is 3.63. The van der Waals surface area contributed by atoms with Crippen LogP contribution >= 0.6 is 0 Å². The number of carbonyl (C=O) groups excluding carboxylic acids is 1.